The topological polar surface area (TPSA) is 99.2 Å². The fraction of sp³-hybridized carbons (Fsp3) is 0.750. The number of rotatable bonds is 5. The van der Waals surface area contributed by atoms with Crippen LogP contribution in [0.25, 0.3) is 0 Å². The maximum atomic E-state index is 12.3. The van der Waals surface area contributed by atoms with E-state index in [0.717, 1.165) is 12.8 Å². The van der Waals surface area contributed by atoms with Gasteiger partial charge in [-0.25, -0.2) is 13.1 Å². The van der Waals surface area contributed by atoms with Gasteiger partial charge in [-0.05, 0) is 25.2 Å². The summed E-state index contributed by atoms with van der Waals surface area (Å²) in [6.45, 7) is 6.25. The molecule has 0 bridgehead atoms. The number of anilines is 1. The largest absolute Gasteiger partial charge is 0.381 e. The van der Waals surface area contributed by atoms with Crippen molar-refractivity contribution in [3.8, 4) is 0 Å². The predicted molar refractivity (Wildman–Crippen MR) is 75.7 cm³/mol. The number of hydrogen-bond donors (Lipinski definition) is 2. The van der Waals surface area contributed by atoms with Gasteiger partial charge in [0.05, 0.1) is 0 Å². The van der Waals surface area contributed by atoms with Gasteiger partial charge in [0.25, 0.3) is 0 Å². The highest BCUT2D eigenvalue weighted by molar-refractivity contribution is 7.89. The van der Waals surface area contributed by atoms with E-state index in [4.69, 9.17) is 10.5 Å². The number of nitrogen functional groups attached to an aromatic ring is 1. The van der Waals surface area contributed by atoms with Gasteiger partial charge in [-0.3, -0.25) is 4.68 Å². The van der Waals surface area contributed by atoms with Crippen LogP contribution in [0.15, 0.2) is 11.1 Å². The van der Waals surface area contributed by atoms with Crippen LogP contribution in [0.1, 0.15) is 26.7 Å². The van der Waals surface area contributed by atoms with Crippen molar-refractivity contribution in [1.29, 1.82) is 0 Å². The highest BCUT2D eigenvalue weighted by Gasteiger charge is 2.30. The van der Waals surface area contributed by atoms with Crippen molar-refractivity contribution in [2.75, 3.05) is 25.5 Å². The van der Waals surface area contributed by atoms with E-state index in [-0.39, 0.29) is 16.1 Å². The molecule has 7 nitrogen and oxygen atoms in total. The Labute approximate surface area is 119 Å². The van der Waals surface area contributed by atoms with Crippen LogP contribution in [0.2, 0.25) is 0 Å². The standard InChI is InChI=1S/C12H22N4O3S/c1-3-16-8-10(11(13)15-16)20(17,18)14-9-12(2)4-6-19-7-5-12/h8,14H,3-7,9H2,1-2H3,(H2,13,15). The molecular weight excluding hydrogens is 280 g/mol. The van der Waals surface area contributed by atoms with E-state index in [1.54, 1.807) is 0 Å². The Morgan fingerprint density at radius 3 is 2.70 bits per heavy atom. The quantitative estimate of drug-likeness (QED) is 0.829. The molecule has 114 valence electrons. The van der Waals surface area contributed by atoms with Crippen LogP contribution in [0.3, 0.4) is 0 Å². The van der Waals surface area contributed by atoms with Crippen molar-refractivity contribution in [3.05, 3.63) is 6.20 Å². The zero-order valence-electron chi connectivity index (χ0n) is 11.9. The third-order valence-electron chi connectivity index (χ3n) is 3.76. The van der Waals surface area contributed by atoms with E-state index < -0.39 is 10.0 Å². The summed E-state index contributed by atoms with van der Waals surface area (Å²) in [5.74, 6) is 0.0384. The molecule has 0 spiro atoms. The van der Waals surface area contributed by atoms with Gasteiger partial charge >= 0.3 is 0 Å². The lowest BCUT2D eigenvalue weighted by Crippen LogP contribution is -2.39. The molecule has 1 aliphatic heterocycles. The SMILES string of the molecule is CCn1cc(S(=O)(=O)NCC2(C)CCOCC2)c(N)n1. The molecule has 0 saturated carbocycles. The van der Waals surface area contributed by atoms with Crippen molar-refractivity contribution < 1.29 is 13.2 Å². The average Bonchev–Trinajstić information content (AvgIpc) is 2.80. The maximum Gasteiger partial charge on any atom is 0.245 e. The number of nitrogens with one attached hydrogen (secondary N) is 1. The molecule has 0 atom stereocenters. The summed E-state index contributed by atoms with van der Waals surface area (Å²) < 4.78 is 34.1. The fourth-order valence-corrected chi connectivity index (χ4v) is 3.45. The lowest BCUT2D eigenvalue weighted by atomic mass is 9.83. The molecule has 8 heteroatoms. The number of aromatic nitrogens is 2. The van der Waals surface area contributed by atoms with Crippen molar-refractivity contribution >= 4 is 15.8 Å². The zero-order chi connectivity index (χ0) is 14.8. The number of hydrogen-bond acceptors (Lipinski definition) is 5. The minimum absolute atomic E-state index is 0.0384. The van der Waals surface area contributed by atoms with Crippen LogP contribution in [0.5, 0.6) is 0 Å². The van der Waals surface area contributed by atoms with Gasteiger partial charge in [0.1, 0.15) is 4.90 Å². The third-order valence-corrected chi connectivity index (χ3v) is 5.18. The van der Waals surface area contributed by atoms with Gasteiger partial charge in [-0.15, -0.1) is 0 Å². The summed E-state index contributed by atoms with van der Waals surface area (Å²) in [5, 5.41) is 3.96. The molecule has 1 aliphatic rings. The Balaban J connectivity index is 2.08. The fourth-order valence-electron chi connectivity index (χ4n) is 2.18. The average molecular weight is 302 g/mol. The summed E-state index contributed by atoms with van der Waals surface area (Å²) >= 11 is 0. The van der Waals surface area contributed by atoms with E-state index >= 15 is 0 Å². The minimum Gasteiger partial charge on any atom is -0.381 e. The van der Waals surface area contributed by atoms with Gasteiger partial charge < -0.3 is 10.5 Å². The summed E-state index contributed by atoms with van der Waals surface area (Å²) in [6.07, 6.45) is 3.16. The van der Waals surface area contributed by atoms with Crippen molar-refractivity contribution in [1.82, 2.24) is 14.5 Å². The molecule has 0 amide bonds. The molecule has 1 saturated heterocycles. The Morgan fingerprint density at radius 2 is 2.15 bits per heavy atom. The summed E-state index contributed by atoms with van der Waals surface area (Å²) in [7, 11) is -3.62. The van der Waals surface area contributed by atoms with Crippen LogP contribution < -0.4 is 10.5 Å². The molecule has 1 aromatic rings. The predicted octanol–water partition coefficient (Wildman–Crippen LogP) is 0.580. The van der Waals surface area contributed by atoms with E-state index in [0.29, 0.717) is 26.3 Å². The maximum absolute atomic E-state index is 12.3. The molecule has 0 unspecified atom stereocenters. The molecule has 2 rings (SSSR count). The summed E-state index contributed by atoms with van der Waals surface area (Å²) in [4.78, 5) is 0.0509. The summed E-state index contributed by atoms with van der Waals surface area (Å²) in [5.41, 5.74) is 5.61. The molecular formula is C12H22N4O3S. The van der Waals surface area contributed by atoms with Crippen LogP contribution in [0, 0.1) is 5.41 Å². The Bertz CT molecular complexity index is 561. The number of sulfonamides is 1. The highest BCUT2D eigenvalue weighted by atomic mass is 32.2. The van der Waals surface area contributed by atoms with Crippen LogP contribution in [-0.2, 0) is 21.3 Å². The molecule has 1 aromatic heterocycles. The first-order valence-electron chi connectivity index (χ1n) is 6.77. The van der Waals surface area contributed by atoms with Crippen molar-refractivity contribution in [2.24, 2.45) is 5.41 Å². The Morgan fingerprint density at radius 1 is 1.50 bits per heavy atom. The van der Waals surface area contributed by atoms with E-state index in [9.17, 15) is 8.42 Å². The highest BCUT2D eigenvalue weighted by Crippen LogP contribution is 2.29. The van der Waals surface area contributed by atoms with Gasteiger partial charge in [0.2, 0.25) is 10.0 Å². The van der Waals surface area contributed by atoms with Crippen LogP contribution in [-0.4, -0.2) is 38.0 Å². The number of nitrogens with two attached hydrogens (primary N) is 1. The number of nitrogens with zero attached hydrogens (tertiary/aromatic N) is 2. The van der Waals surface area contributed by atoms with Gasteiger partial charge in [-0.1, -0.05) is 6.92 Å². The van der Waals surface area contributed by atoms with Gasteiger partial charge in [-0.2, -0.15) is 5.10 Å². The number of aryl methyl sites for hydroxylation is 1. The Hall–Kier alpha value is -1.12. The molecule has 0 radical (unpaired) electrons. The molecule has 20 heavy (non-hydrogen) atoms. The first-order valence-corrected chi connectivity index (χ1v) is 8.25. The second-order valence-corrected chi connectivity index (χ2v) is 7.22. The van der Waals surface area contributed by atoms with E-state index in [1.165, 1.54) is 10.9 Å². The lowest BCUT2D eigenvalue weighted by Gasteiger charge is -2.33. The minimum atomic E-state index is -3.62. The van der Waals surface area contributed by atoms with Gasteiger partial charge in [0, 0.05) is 32.5 Å². The third kappa shape index (κ3) is 3.31. The first-order chi connectivity index (χ1) is 9.36. The Kier molecular flexibility index (Phi) is 4.36. The second kappa shape index (κ2) is 5.71. The first kappa shape index (κ1) is 15.3. The smallest absolute Gasteiger partial charge is 0.245 e. The zero-order valence-corrected chi connectivity index (χ0v) is 12.7. The molecule has 3 N–H and O–H groups in total. The van der Waals surface area contributed by atoms with Crippen molar-refractivity contribution in [3.63, 3.8) is 0 Å². The summed E-state index contributed by atoms with van der Waals surface area (Å²) in [6, 6.07) is 0. The number of ether oxygens (including phenoxy) is 1. The molecule has 2 heterocycles. The van der Waals surface area contributed by atoms with Gasteiger partial charge in [0.15, 0.2) is 5.82 Å². The second-order valence-electron chi connectivity index (χ2n) is 5.48. The normalized spacial score (nSPS) is 19.1. The van der Waals surface area contributed by atoms with Crippen LogP contribution in [0.4, 0.5) is 5.82 Å². The van der Waals surface area contributed by atoms with Crippen molar-refractivity contribution in [2.45, 2.75) is 38.1 Å². The lowest BCUT2D eigenvalue weighted by molar-refractivity contribution is 0.0265. The molecule has 1 fully saturated rings. The van der Waals surface area contributed by atoms with Crippen LogP contribution >= 0.6 is 0 Å². The molecule has 0 aromatic carbocycles. The monoisotopic (exact) mass is 302 g/mol. The van der Waals surface area contributed by atoms with E-state index in [2.05, 4.69) is 16.7 Å². The van der Waals surface area contributed by atoms with E-state index in [1.807, 2.05) is 6.92 Å². The molecule has 0 aliphatic carbocycles.